The summed E-state index contributed by atoms with van der Waals surface area (Å²) in [7, 11) is 1.60. The van der Waals surface area contributed by atoms with Crippen molar-refractivity contribution in [3.63, 3.8) is 0 Å². The van der Waals surface area contributed by atoms with Crippen LogP contribution in [0.25, 0.3) is 0 Å². The summed E-state index contributed by atoms with van der Waals surface area (Å²) in [6.45, 7) is 2.61. The van der Waals surface area contributed by atoms with Crippen LogP contribution in [0.15, 0.2) is 30.5 Å². The van der Waals surface area contributed by atoms with Crippen molar-refractivity contribution in [2.24, 2.45) is 0 Å². The molecule has 0 aliphatic heterocycles. The van der Waals surface area contributed by atoms with Crippen LogP contribution in [0.5, 0.6) is 5.88 Å². The Bertz CT molecular complexity index is 634. The Morgan fingerprint density at radius 1 is 1.19 bits per heavy atom. The SMILES string of the molecule is COc1ncccc1CNC(C)c1ccc(Cl)c(Cl)c1Cl. The van der Waals surface area contributed by atoms with Gasteiger partial charge in [-0.1, -0.05) is 46.9 Å². The molecule has 0 saturated carbocycles. The summed E-state index contributed by atoms with van der Waals surface area (Å²) < 4.78 is 5.23. The molecule has 1 N–H and O–H groups in total. The molecule has 6 heteroatoms. The van der Waals surface area contributed by atoms with Gasteiger partial charge in [-0.3, -0.25) is 0 Å². The molecule has 1 aromatic heterocycles. The molecule has 1 unspecified atom stereocenters. The van der Waals surface area contributed by atoms with Gasteiger partial charge in [-0.25, -0.2) is 4.98 Å². The maximum absolute atomic E-state index is 6.24. The summed E-state index contributed by atoms with van der Waals surface area (Å²) in [5.74, 6) is 0.609. The van der Waals surface area contributed by atoms with Gasteiger partial charge in [-0.2, -0.15) is 0 Å². The van der Waals surface area contributed by atoms with Crippen molar-refractivity contribution in [1.29, 1.82) is 0 Å². The van der Waals surface area contributed by atoms with E-state index in [1.54, 1.807) is 19.4 Å². The van der Waals surface area contributed by atoms with Crippen molar-refractivity contribution in [2.45, 2.75) is 19.5 Å². The van der Waals surface area contributed by atoms with Crippen LogP contribution >= 0.6 is 34.8 Å². The molecule has 2 aromatic rings. The van der Waals surface area contributed by atoms with Crippen molar-refractivity contribution < 1.29 is 4.74 Å². The minimum Gasteiger partial charge on any atom is -0.481 e. The molecule has 1 aromatic carbocycles. The van der Waals surface area contributed by atoms with Gasteiger partial charge in [0.25, 0.3) is 0 Å². The van der Waals surface area contributed by atoms with Gasteiger partial charge in [0.05, 0.1) is 22.2 Å². The molecule has 0 amide bonds. The molecule has 1 atom stereocenters. The van der Waals surface area contributed by atoms with E-state index in [2.05, 4.69) is 10.3 Å². The number of aromatic nitrogens is 1. The number of ether oxygens (including phenoxy) is 1. The third-order valence-corrected chi connectivity index (χ3v) is 4.48. The van der Waals surface area contributed by atoms with Gasteiger partial charge in [-0.15, -0.1) is 0 Å². The van der Waals surface area contributed by atoms with E-state index in [1.807, 2.05) is 25.1 Å². The molecule has 1 heterocycles. The predicted octanol–water partition coefficient (Wildman–Crippen LogP) is 4.90. The van der Waals surface area contributed by atoms with Gasteiger partial charge >= 0.3 is 0 Å². The molecule has 0 spiro atoms. The van der Waals surface area contributed by atoms with Crippen LogP contribution in [0, 0.1) is 0 Å². The molecule has 2 rings (SSSR count). The second kappa shape index (κ2) is 7.32. The van der Waals surface area contributed by atoms with Crippen LogP contribution in [-0.4, -0.2) is 12.1 Å². The summed E-state index contributed by atoms with van der Waals surface area (Å²) in [5.41, 5.74) is 1.87. The van der Waals surface area contributed by atoms with E-state index in [9.17, 15) is 0 Å². The largest absolute Gasteiger partial charge is 0.481 e. The normalized spacial score (nSPS) is 12.2. The summed E-state index contributed by atoms with van der Waals surface area (Å²) in [6.07, 6.45) is 1.70. The zero-order valence-electron chi connectivity index (χ0n) is 11.7. The molecule has 3 nitrogen and oxygen atoms in total. The van der Waals surface area contributed by atoms with Crippen molar-refractivity contribution in [2.75, 3.05) is 7.11 Å². The van der Waals surface area contributed by atoms with E-state index in [0.717, 1.165) is 11.1 Å². The van der Waals surface area contributed by atoms with Crippen molar-refractivity contribution in [1.82, 2.24) is 10.3 Å². The first-order chi connectivity index (χ1) is 10.0. The Kier molecular flexibility index (Phi) is 5.71. The molecule has 0 bridgehead atoms. The number of benzene rings is 1. The van der Waals surface area contributed by atoms with Crippen LogP contribution in [0.2, 0.25) is 15.1 Å². The van der Waals surface area contributed by atoms with E-state index in [-0.39, 0.29) is 6.04 Å². The average Bonchev–Trinajstić information content (AvgIpc) is 2.50. The fraction of sp³-hybridized carbons (Fsp3) is 0.267. The Hall–Kier alpha value is -1.000. The van der Waals surface area contributed by atoms with Crippen LogP contribution in [-0.2, 0) is 6.54 Å². The zero-order chi connectivity index (χ0) is 15.4. The first kappa shape index (κ1) is 16.4. The highest BCUT2D eigenvalue weighted by atomic mass is 35.5. The Morgan fingerprint density at radius 3 is 2.67 bits per heavy atom. The number of pyridine rings is 1. The zero-order valence-corrected chi connectivity index (χ0v) is 13.9. The number of methoxy groups -OCH3 is 1. The third kappa shape index (κ3) is 3.80. The average molecular weight is 346 g/mol. The molecule has 21 heavy (non-hydrogen) atoms. The lowest BCUT2D eigenvalue weighted by Gasteiger charge is -2.17. The summed E-state index contributed by atoms with van der Waals surface area (Å²) >= 11 is 18.3. The Labute approximate surface area is 139 Å². The number of hydrogen-bond donors (Lipinski definition) is 1. The van der Waals surface area contributed by atoms with Crippen molar-refractivity contribution >= 4 is 34.8 Å². The lowest BCUT2D eigenvalue weighted by molar-refractivity contribution is 0.389. The summed E-state index contributed by atoms with van der Waals surface area (Å²) in [6, 6.07) is 7.46. The van der Waals surface area contributed by atoms with Gasteiger partial charge in [0.2, 0.25) is 5.88 Å². The highest BCUT2D eigenvalue weighted by Gasteiger charge is 2.14. The minimum absolute atomic E-state index is 0.0113. The smallest absolute Gasteiger partial charge is 0.217 e. The quantitative estimate of drug-likeness (QED) is 0.783. The first-order valence-electron chi connectivity index (χ1n) is 6.39. The Balaban J connectivity index is 2.12. The van der Waals surface area contributed by atoms with E-state index in [0.29, 0.717) is 27.5 Å². The number of halogens is 3. The number of hydrogen-bond acceptors (Lipinski definition) is 3. The molecule has 0 saturated heterocycles. The second-order valence-corrected chi connectivity index (χ2v) is 5.70. The lowest BCUT2D eigenvalue weighted by atomic mass is 10.1. The van der Waals surface area contributed by atoms with Crippen LogP contribution in [0.3, 0.4) is 0 Å². The number of nitrogens with one attached hydrogen (secondary N) is 1. The monoisotopic (exact) mass is 344 g/mol. The van der Waals surface area contributed by atoms with Gasteiger partial charge in [0.15, 0.2) is 0 Å². The number of rotatable bonds is 5. The second-order valence-electron chi connectivity index (χ2n) is 4.54. The molecule has 0 fully saturated rings. The van der Waals surface area contributed by atoms with Crippen molar-refractivity contribution in [3.8, 4) is 5.88 Å². The van der Waals surface area contributed by atoms with Gasteiger partial charge in [0, 0.05) is 24.3 Å². The molecular formula is C15H15Cl3N2O. The molecular weight excluding hydrogens is 331 g/mol. The topological polar surface area (TPSA) is 34.1 Å². The molecule has 0 aliphatic carbocycles. The third-order valence-electron chi connectivity index (χ3n) is 3.17. The molecule has 0 aliphatic rings. The fourth-order valence-corrected chi connectivity index (χ4v) is 2.70. The van der Waals surface area contributed by atoms with E-state index in [1.165, 1.54) is 0 Å². The van der Waals surface area contributed by atoms with Gasteiger partial charge in [-0.05, 0) is 24.6 Å². The first-order valence-corrected chi connectivity index (χ1v) is 7.52. The van der Waals surface area contributed by atoms with Crippen LogP contribution in [0.4, 0.5) is 0 Å². The summed E-state index contributed by atoms with van der Waals surface area (Å²) in [5, 5.41) is 4.67. The number of nitrogens with zero attached hydrogens (tertiary/aromatic N) is 1. The van der Waals surface area contributed by atoms with Crippen LogP contribution < -0.4 is 10.1 Å². The predicted molar refractivity (Wildman–Crippen MR) is 87.5 cm³/mol. The van der Waals surface area contributed by atoms with Crippen LogP contribution in [0.1, 0.15) is 24.1 Å². The summed E-state index contributed by atoms with van der Waals surface area (Å²) in [4.78, 5) is 4.16. The van der Waals surface area contributed by atoms with E-state index < -0.39 is 0 Å². The standard InChI is InChI=1S/C15H15Cl3N2O/c1-9(11-5-6-12(16)14(18)13(11)17)20-8-10-4-3-7-19-15(10)21-2/h3-7,9,20H,8H2,1-2H3. The van der Waals surface area contributed by atoms with E-state index in [4.69, 9.17) is 39.5 Å². The molecule has 0 radical (unpaired) electrons. The lowest BCUT2D eigenvalue weighted by Crippen LogP contribution is -2.19. The Morgan fingerprint density at radius 2 is 1.95 bits per heavy atom. The van der Waals surface area contributed by atoms with Crippen molar-refractivity contribution in [3.05, 3.63) is 56.7 Å². The van der Waals surface area contributed by atoms with Gasteiger partial charge < -0.3 is 10.1 Å². The maximum Gasteiger partial charge on any atom is 0.217 e. The fourth-order valence-electron chi connectivity index (χ4n) is 1.99. The van der Waals surface area contributed by atoms with E-state index >= 15 is 0 Å². The maximum atomic E-state index is 6.24. The highest BCUT2D eigenvalue weighted by molar-refractivity contribution is 6.48. The minimum atomic E-state index is 0.0113. The molecule has 112 valence electrons. The van der Waals surface area contributed by atoms with Gasteiger partial charge in [0.1, 0.15) is 0 Å². The highest BCUT2D eigenvalue weighted by Crippen LogP contribution is 2.35.